The van der Waals surface area contributed by atoms with E-state index in [1.807, 2.05) is 13.0 Å². The molecule has 0 aliphatic carbocycles. The van der Waals surface area contributed by atoms with Crippen molar-refractivity contribution in [3.8, 4) is 11.5 Å². The summed E-state index contributed by atoms with van der Waals surface area (Å²) in [6.07, 6.45) is 1.08. The lowest BCUT2D eigenvalue weighted by atomic mass is 9.89. The third-order valence-electron chi connectivity index (χ3n) is 4.85. The second-order valence-corrected chi connectivity index (χ2v) is 6.39. The molecule has 0 saturated heterocycles. The minimum Gasteiger partial charge on any atom is -0.493 e. The van der Waals surface area contributed by atoms with Crippen molar-refractivity contribution in [2.75, 3.05) is 20.8 Å². The summed E-state index contributed by atoms with van der Waals surface area (Å²) in [5.41, 5.74) is 1.72. The van der Waals surface area contributed by atoms with E-state index in [1.165, 1.54) is 7.11 Å². The molecule has 1 amide bonds. The van der Waals surface area contributed by atoms with Crippen LogP contribution in [0.25, 0.3) is 0 Å². The third-order valence-corrected chi connectivity index (χ3v) is 4.85. The van der Waals surface area contributed by atoms with Gasteiger partial charge in [-0.15, -0.1) is 0 Å². The number of methoxy groups -OCH3 is 2. The van der Waals surface area contributed by atoms with Crippen LogP contribution < -0.4 is 9.47 Å². The molecule has 0 fully saturated rings. The van der Waals surface area contributed by atoms with E-state index in [0.717, 1.165) is 16.9 Å². The number of ether oxygens (including phenoxy) is 2. The Morgan fingerprint density at radius 3 is 2.52 bits per heavy atom. The summed E-state index contributed by atoms with van der Waals surface area (Å²) < 4.78 is 16.3. The molecule has 2 aromatic rings. The number of fused-ring (bicyclic) bond motifs is 1. The van der Waals surface area contributed by atoms with E-state index in [0.29, 0.717) is 30.9 Å². The highest BCUT2D eigenvalue weighted by atomic mass is 16.5. The van der Waals surface area contributed by atoms with Gasteiger partial charge < -0.3 is 23.9 Å². The van der Waals surface area contributed by atoms with E-state index in [2.05, 4.69) is 0 Å². The summed E-state index contributed by atoms with van der Waals surface area (Å²) in [7, 11) is 3.08. The highest BCUT2D eigenvalue weighted by Crippen LogP contribution is 2.40. The first-order chi connectivity index (χ1) is 13.0. The number of carboxylic acid groups (broad SMARTS) is 1. The number of furan rings is 1. The van der Waals surface area contributed by atoms with E-state index in [4.69, 9.17) is 13.9 Å². The van der Waals surface area contributed by atoms with E-state index < -0.39 is 12.0 Å². The number of benzene rings is 1. The van der Waals surface area contributed by atoms with Gasteiger partial charge in [-0.25, -0.2) is 0 Å². The topological polar surface area (TPSA) is 89.2 Å². The molecule has 1 aromatic heterocycles. The van der Waals surface area contributed by atoms with E-state index in [1.54, 1.807) is 30.2 Å². The lowest BCUT2D eigenvalue weighted by molar-refractivity contribution is -0.138. The molecule has 1 N–H and O–H groups in total. The van der Waals surface area contributed by atoms with Gasteiger partial charge in [-0.3, -0.25) is 9.59 Å². The Morgan fingerprint density at radius 1 is 1.22 bits per heavy atom. The van der Waals surface area contributed by atoms with Crippen LogP contribution in [0, 0.1) is 0 Å². The molecule has 7 nitrogen and oxygen atoms in total. The molecule has 7 heteroatoms. The zero-order valence-electron chi connectivity index (χ0n) is 15.7. The highest BCUT2D eigenvalue weighted by molar-refractivity contribution is 5.92. The molecule has 2 heterocycles. The SMILES string of the molecule is CCc1ccc(C(=O)N2CCc3cc(OC)c(OC)cc3C2CC(=O)O)o1. The zero-order chi connectivity index (χ0) is 19.6. The second-order valence-electron chi connectivity index (χ2n) is 6.39. The Balaban J connectivity index is 2.01. The van der Waals surface area contributed by atoms with Crippen molar-refractivity contribution >= 4 is 11.9 Å². The molecule has 27 heavy (non-hydrogen) atoms. The van der Waals surface area contributed by atoms with Crippen LogP contribution in [-0.2, 0) is 17.6 Å². The van der Waals surface area contributed by atoms with E-state index in [9.17, 15) is 14.7 Å². The van der Waals surface area contributed by atoms with Gasteiger partial charge in [0.1, 0.15) is 5.76 Å². The molecule has 144 valence electrons. The summed E-state index contributed by atoms with van der Waals surface area (Å²) in [5.74, 6) is 0.759. The van der Waals surface area contributed by atoms with Gasteiger partial charge >= 0.3 is 5.97 Å². The number of nitrogens with zero attached hydrogens (tertiary/aromatic N) is 1. The van der Waals surface area contributed by atoms with Crippen molar-refractivity contribution in [2.45, 2.75) is 32.2 Å². The molecule has 0 spiro atoms. The number of carbonyl (C=O) groups excluding carboxylic acids is 1. The summed E-state index contributed by atoms with van der Waals surface area (Å²) in [6.45, 7) is 2.35. The van der Waals surface area contributed by atoms with Gasteiger partial charge in [0.05, 0.1) is 26.7 Å². The van der Waals surface area contributed by atoms with Crippen molar-refractivity contribution in [3.63, 3.8) is 0 Å². The Kier molecular flexibility index (Phi) is 5.39. The van der Waals surface area contributed by atoms with Crippen LogP contribution in [0.5, 0.6) is 11.5 Å². The fourth-order valence-electron chi connectivity index (χ4n) is 3.48. The minimum absolute atomic E-state index is 0.199. The Morgan fingerprint density at radius 2 is 1.93 bits per heavy atom. The first-order valence-corrected chi connectivity index (χ1v) is 8.84. The van der Waals surface area contributed by atoms with Crippen LogP contribution in [0.4, 0.5) is 0 Å². The van der Waals surface area contributed by atoms with Crippen LogP contribution in [0.3, 0.4) is 0 Å². The van der Waals surface area contributed by atoms with Gasteiger partial charge in [-0.05, 0) is 41.8 Å². The first kappa shape index (κ1) is 18.8. The molecule has 0 saturated carbocycles. The number of aryl methyl sites for hydroxylation is 1. The number of aliphatic carboxylic acids is 1. The maximum absolute atomic E-state index is 13.0. The quantitative estimate of drug-likeness (QED) is 0.837. The van der Waals surface area contributed by atoms with Crippen molar-refractivity contribution in [1.29, 1.82) is 0 Å². The van der Waals surface area contributed by atoms with E-state index >= 15 is 0 Å². The fraction of sp³-hybridized carbons (Fsp3) is 0.400. The summed E-state index contributed by atoms with van der Waals surface area (Å²) in [4.78, 5) is 26.1. The lowest BCUT2D eigenvalue weighted by Crippen LogP contribution is -2.41. The maximum Gasteiger partial charge on any atom is 0.305 e. The Bertz CT molecular complexity index is 856. The molecule has 1 unspecified atom stereocenters. The third kappa shape index (κ3) is 3.63. The number of hydrogen-bond donors (Lipinski definition) is 1. The van der Waals surface area contributed by atoms with Gasteiger partial charge in [0, 0.05) is 13.0 Å². The lowest BCUT2D eigenvalue weighted by Gasteiger charge is -2.36. The Hall–Kier alpha value is -2.96. The number of carbonyl (C=O) groups is 2. The van der Waals surface area contributed by atoms with Crippen molar-refractivity contribution < 1.29 is 28.6 Å². The van der Waals surface area contributed by atoms with Gasteiger partial charge in [-0.1, -0.05) is 6.92 Å². The van der Waals surface area contributed by atoms with Crippen LogP contribution in [-0.4, -0.2) is 42.6 Å². The first-order valence-electron chi connectivity index (χ1n) is 8.84. The molecule has 1 aliphatic rings. The van der Waals surface area contributed by atoms with Crippen LogP contribution >= 0.6 is 0 Å². The molecule has 1 aliphatic heterocycles. The molecule has 0 radical (unpaired) electrons. The number of hydrogen-bond acceptors (Lipinski definition) is 5. The largest absolute Gasteiger partial charge is 0.493 e. The maximum atomic E-state index is 13.0. The average molecular weight is 373 g/mol. The normalized spacial score (nSPS) is 16.0. The monoisotopic (exact) mass is 373 g/mol. The molecule has 0 bridgehead atoms. The molecule has 1 atom stereocenters. The summed E-state index contributed by atoms with van der Waals surface area (Å²) in [6, 6.07) is 6.43. The van der Waals surface area contributed by atoms with Gasteiger partial charge in [0.15, 0.2) is 17.3 Å². The number of carboxylic acids is 1. The standard InChI is InChI=1S/C20H23NO6/c1-4-13-5-6-16(27-13)20(24)21-8-7-12-9-17(25-2)18(26-3)10-14(12)15(21)11-19(22)23/h5-6,9-10,15H,4,7-8,11H2,1-3H3,(H,22,23). The second kappa shape index (κ2) is 7.73. The predicted octanol–water partition coefficient (Wildman–Crippen LogP) is 3.07. The van der Waals surface area contributed by atoms with Crippen LogP contribution in [0.2, 0.25) is 0 Å². The summed E-state index contributed by atoms with van der Waals surface area (Å²) >= 11 is 0. The van der Waals surface area contributed by atoms with Crippen LogP contribution in [0.15, 0.2) is 28.7 Å². The smallest absolute Gasteiger partial charge is 0.305 e. The van der Waals surface area contributed by atoms with Gasteiger partial charge in [-0.2, -0.15) is 0 Å². The average Bonchev–Trinajstić information content (AvgIpc) is 3.15. The zero-order valence-corrected chi connectivity index (χ0v) is 15.7. The Labute approximate surface area is 157 Å². The van der Waals surface area contributed by atoms with Gasteiger partial charge in [0.25, 0.3) is 5.91 Å². The van der Waals surface area contributed by atoms with Crippen molar-refractivity contribution in [3.05, 3.63) is 46.9 Å². The minimum atomic E-state index is -0.978. The number of amides is 1. The molecule has 1 aromatic carbocycles. The predicted molar refractivity (Wildman–Crippen MR) is 97.4 cm³/mol. The van der Waals surface area contributed by atoms with Crippen LogP contribution in [0.1, 0.15) is 46.8 Å². The molecular weight excluding hydrogens is 350 g/mol. The molecular formula is C20H23NO6. The number of rotatable bonds is 6. The van der Waals surface area contributed by atoms with Crippen molar-refractivity contribution in [2.24, 2.45) is 0 Å². The summed E-state index contributed by atoms with van der Waals surface area (Å²) in [5, 5.41) is 9.41. The van der Waals surface area contributed by atoms with Crippen molar-refractivity contribution in [1.82, 2.24) is 4.90 Å². The highest BCUT2D eigenvalue weighted by Gasteiger charge is 2.35. The van der Waals surface area contributed by atoms with E-state index in [-0.39, 0.29) is 18.1 Å². The molecule has 3 rings (SSSR count). The van der Waals surface area contributed by atoms with Gasteiger partial charge in [0.2, 0.25) is 0 Å². The fourth-order valence-corrected chi connectivity index (χ4v) is 3.48.